The Balaban J connectivity index is 2.51. The fourth-order valence-corrected chi connectivity index (χ4v) is 4.15. The maximum Gasteiger partial charge on any atom is 0.279 e. The minimum atomic E-state index is -3.37. The van der Waals surface area contributed by atoms with Crippen LogP contribution in [0.2, 0.25) is 0 Å². The van der Waals surface area contributed by atoms with E-state index in [2.05, 4.69) is 28.8 Å². The molecule has 0 aromatic rings. The van der Waals surface area contributed by atoms with E-state index in [-0.39, 0.29) is 6.04 Å². The predicted octanol–water partition coefficient (Wildman–Crippen LogP) is 0.625. The number of piperidine rings is 1. The van der Waals surface area contributed by atoms with Crippen LogP contribution in [0.25, 0.3) is 0 Å². The molecular formula is C14H32N4O2S. The van der Waals surface area contributed by atoms with Crippen molar-refractivity contribution in [3.63, 3.8) is 0 Å². The van der Waals surface area contributed by atoms with Gasteiger partial charge in [0.05, 0.1) is 0 Å². The maximum absolute atomic E-state index is 12.5. The molecule has 126 valence electrons. The molecule has 1 saturated heterocycles. The van der Waals surface area contributed by atoms with Gasteiger partial charge >= 0.3 is 0 Å². The molecule has 0 saturated carbocycles. The molecule has 0 spiro atoms. The van der Waals surface area contributed by atoms with E-state index in [9.17, 15) is 8.42 Å². The molecule has 0 aromatic heterocycles. The molecule has 2 N–H and O–H groups in total. The van der Waals surface area contributed by atoms with E-state index < -0.39 is 10.2 Å². The zero-order valence-electron chi connectivity index (χ0n) is 13.9. The minimum absolute atomic E-state index is 0.0774. The van der Waals surface area contributed by atoms with Crippen LogP contribution in [0.1, 0.15) is 39.5 Å². The number of nitrogens with one attached hydrogen (secondary N) is 2. The first-order valence-electron chi connectivity index (χ1n) is 8.03. The SMILES string of the molecule is CCC(C)N(C)CCNS(=O)(=O)N1CCCCC1CNC. The average Bonchev–Trinajstić information content (AvgIpc) is 2.46. The Bertz CT molecular complexity index is 386. The number of nitrogens with zero attached hydrogens (tertiary/aromatic N) is 2. The van der Waals surface area contributed by atoms with Gasteiger partial charge in [0.1, 0.15) is 0 Å². The Kier molecular flexibility index (Phi) is 8.12. The molecule has 0 amide bonds. The van der Waals surface area contributed by atoms with E-state index in [1.807, 2.05) is 14.1 Å². The highest BCUT2D eigenvalue weighted by Gasteiger charge is 2.31. The van der Waals surface area contributed by atoms with Crippen LogP contribution in [0.5, 0.6) is 0 Å². The summed E-state index contributed by atoms with van der Waals surface area (Å²) in [5.74, 6) is 0. The molecule has 1 aliphatic rings. The van der Waals surface area contributed by atoms with Gasteiger partial charge in [-0.3, -0.25) is 0 Å². The van der Waals surface area contributed by atoms with E-state index >= 15 is 0 Å². The third-order valence-electron chi connectivity index (χ3n) is 4.41. The summed E-state index contributed by atoms with van der Waals surface area (Å²) in [6, 6.07) is 0.551. The quantitative estimate of drug-likeness (QED) is 0.654. The Morgan fingerprint density at radius 1 is 1.38 bits per heavy atom. The first-order valence-corrected chi connectivity index (χ1v) is 9.47. The van der Waals surface area contributed by atoms with Crippen LogP contribution in [0.3, 0.4) is 0 Å². The van der Waals surface area contributed by atoms with Crippen molar-refractivity contribution in [3.8, 4) is 0 Å². The van der Waals surface area contributed by atoms with Gasteiger partial charge in [-0.1, -0.05) is 13.3 Å². The second kappa shape index (κ2) is 9.05. The highest BCUT2D eigenvalue weighted by atomic mass is 32.2. The molecule has 1 heterocycles. The molecule has 1 aliphatic heterocycles. The van der Waals surface area contributed by atoms with Crippen LogP contribution in [-0.2, 0) is 10.2 Å². The first-order chi connectivity index (χ1) is 9.92. The second-order valence-electron chi connectivity index (χ2n) is 5.96. The lowest BCUT2D eigenvalue weighted by atomic mass is 10.1. The average molecular weight is 321 g/mol. The molecule has 0 bridgehead atoms. The lowest BCUT2D eigenvalue weighted by molar-refractivity contribution is 0.240. The van der Waals surface area contributed by atoms with Gasteiger partial charge in [0, 0.05) is 38.3 Å². The van der Waals surface area contributed by atoms with Crippen LogP contribution in [0.15, 0.2) is 0 Å². The Morgan fingerprint density at radius 2 is 2.10 bits per heavy atom. The van der Waals surface area contributed by atoms with Crippen LogP contribution in [-0.4, -0.2) is 70.0 Å². The van der Waals surface area contributed by atoms with Crippen molar-refractivity contribution in [1.29, 1.82) is 0 Å². The van der Waals surface area contributed by atoms with Crippen LogP contribution in [0, 0.1) is 0 Å². The molecule has 1 fully saturated rings. The molecule has 2 unspecified atom stereocenters. The first kappa shape index (κ1) is 18.8. The summed E-state index contributed by atoms with van der Waals surface area (Å²) < 4.78 is 29.3. The minimum Gasteiger partial charge on any atom is -0.318 e. The highest BCUT2D eigenvalue weighted by molar-refractivity contribution is 7.87. The summed E-state index contributed by atoms with van der Waals surface area (Å²) in [6.07, 6.45) is 4.07. The molecule has 0 radical (unpaired) electrons. The normalized spacial score (nSPS) is 22.6. The number of rotatable bonds is 9. The van der Waals surface area contributed by atoms with E-state index in [1.54, 1.807) is 4.31 Å². The predicted molar refractivity (Wildman–Crippen MR) is 87.6 cm³/mol. The molecule has 2 atom stereocenters. The molecule has 1 rings (SSSR count). The van der Waals surface area contributed by atoms with Gasteiger partial charge in [0.25, 0.3) is 10.2 Å². The van der Waals surface area contributed by atoms with Gasteiger partial charge in [-0.05, 0) is 40.3 Å². The van der Waals surface area contributed by atoms with E-state index in [1.165, 1.54) is 0 Å². The fourth-order valence-electron chi connectivity index (χ4n) is 2.70. The summed E-state index contributed by atoms with van der Waals surface area (Å²) in [4.78, 5) is 2.18. The number of hydrogen-bond donors (Lipinski definition) is 2. The number of likely N-dealkylation sites (N-methyl/N-ethyl adjacent to an activating group) is 2. The molecule has 21 heavy (non-hydrogen) atoms. The topological polar surface area (TPSA) is 64.7 Å². The molecule has 6 nitrogen and oxygen atoms in total. The van der Waals surface area contributed by atoms with E-state index in [0.717, 1.165) is 32.2 Å². The van der Waals surface area contributed by atoms with Gasteiger partial charge in [-0.15, -0.1) is 0 Å². The van der Waals surface area contributed by atoms with Crippen LogP contribution in [0.4, 0.5) is 0 Å². The molecule has 0 aliphatic carbocycles. The molecule has 0 aromatic carbocycles. The van der Waals surface area contributed by atoms with E-state index in [0.29, 0.717) is 25.7 Å². The van der Waals surface area contributed by atoms with Crippen molar-refractivity contribution < 1.29 is 8.42 Å². The van der Waals surface area contributed by atoms with Gasteiger partial charge in [0.15, 0.2) is 0 Å². The lowest BCUT2D eigenvalue weighted by Crippen LogP contribution is -2.53. The fraction of sp³-hybridized carbons (Fsp3) is 1.00. The van der Waals surface area contributed by atoms with E-state index in [4.69, 9.17) is 0 Å². The van der Waals surface area contributed by atoms with Gasteiger partial charge in [-0.25, -0.2) is 4.72 Å². The Morgan fingerprint density at radius 3 is 2.71 bits per heavy atom. The van der Waals surface area contributed by atoms with Crippen LogP contribution < -0.4 is 10.0 Å². The van der Waals surface area contributed by atoms with Crippen molar-refractivity contribution in [2.45, 2.75) is 51.6 Å². The van der Waals surface area contributed by atoms with Gasteiger partial charge in [0.2, 0.25) is 0 Å². The zero-order valence-corrected chi connectivity index (χ0v) is 14.7. The second-order valence-corrected chi connectivity index (χ2v) is 7.66. The van der Waals surface area contributed by atoms with Crippen molar-refractivity contribution >= 4 is 10.2 Å². The van der Waals surface area contributed by atoms with Crippen molar-refractivity contribution in [2.24, 2.45) is 0 Å². The van der Waals surface area contributed by atoms with Crippen molar-refractivity contribution in [1.82, 2.24) is 19.2 Å². The smallest absolute Gasteiger partial charge is 0.279 e. The van der Waals surface area contributed by atoms with Gasteiger partial charge < -0.3 is 10.2 Å². The Labute approximate surface area is 130 Å². The zero-order chi connectivity index (χ0) is 15.9. The van der Waals surface area contributed by atoms with Crippen molar-refractivity contribution in [2.75, 3.05) is 40.3 Å². The Hall–Kier alpha value is -0.210. The standard InChI is InChI=1S/C14H32N4O2S/c1-5-13(2)17(4)11-9-16-21(19,20)18-10-7-6-8-14(18)12-15-3/h13-16H,5-12H2,1-4H3. The molecular weight excluding hydrogens is 288 g/mol. The monoisotopic (exact) mass is 320 g/mol. The van der Waals surface area contributed by atoms with Gasteiger partial charge in [-0.2, -0.15) is 12.7 Å². The summed E-state index contributed by atoms with van der Waals surface area (Å²) in [6.45, 7) is 6.84. The lowest BCUT2D eigenvalue weighted by Gasteiger charge is -2.34. The maximum atomic E-state index is 12.5. The van der Waals surface area contributed by atoms with Crippen LogP contribution >= 0.6 is 0 Å². The number of hydrogen-bond acceptors (Lipinski definition) is 4. The summed E-state index contributed by atoms with van der Waals surface area (Å²) >= 11 is 0. The third-order valence-corrected chi connectivity index (χ3v) is 6.08. The van der Waals surface area contributed by atoms with Crippen molar-refractivity contribution in [3.05, 3.63) is 0 Å². The summed E-state index contributed by atoms with van der Waals surface area (Å²) in [5, 5.41) is 3.09. The molecule has 7 heteroatoms. The summed E-state index contributed by atoms with van der Waals surface area (Å²) in [5.41, 5.74) is 0. The highest BCUT2D eigenvalue weighted by Crippen LogP contribution is 2.19. The summed E-state index contributed by atoms with van der Waals surface area (Å²) in [7, 11) is 0.538. The largest absolute Gasteiger partial charge is 0.318 e. The third kappa shape index (κ3) is 5.83.